The number of anilines is 1. The molecule has 0 unspecified atom stereocenters. The topological polar surface area (TPSA) is 58.6 Å². The van der Waals surface area contributed by atoms with E-state index >= 15 is 0 Å². The number of benzene rings is 3. The quantitative estimate of drug-likeness (QED) is 0.270. The first-order valence-electron chi connectivity index (χ1n) is 9.55. The SMILES string of the molecule is O=C1NC(=S)N(c2ccc(Cl)cc2)C(=O)/C1=C/c1ccc(OCc2ccc(Br)cc2)cc1. The van der Waals surface area contributed by atoms with Gasteiger partial charge in [0.15, 0.2) is 5.11 Å². The van der Waals surface area contributed by atoms with Crippen LogP contribution in [0.5, 0.6) is 5.75 Å². The molecule has 32 heavy (non-hydrogen) atoms. The second-order valence-electron chi connectivity index (χ2n) is 6.92. The van der Waals surface area contributed by atoms with Gasteiger partial charge >= 0.3 is 0 Å². The molecule has 1 N–H and O–H groups in total. The summed E-state index contributed by atoms with van der Waals surface area (Å²) in [6.45, 7) is 0.433. The number of hydrogen-bond acceptors (Lipinski definition) is 4. The molecule has 1 heterocycles. The van der Waals surface area contributed by atoms with Crippen molar-refractivity contribution >= 4 is 68.4 Å². The maximum absolute atomic E-state index is 13.0. The minimum absolute atomic E-state index is 0.0166. The Morgan fingerprint density at radius 1 is 0.969 bits per heavy atom. The summed E-state index contributed by atoms with van der Waals surface area (Å²) in [5.74, 6) is -0.365. The zero-order valence-electron chi connectivity index (χ0n) is 16.5. The van der Waals surface area contributed by atoms with Crippen LogP contribution in [0.25, 0.3) is 6.08 Å². The van der Waals surface area contributed by atoms with E-state index in [4.69, 9.17) is 28.6 Å². The molecule has 1 fully saturated rings. The molecule has 1 aliphatic heterocycles. The van der Waals surface area contributed by atoms with Gasteiger partial charge in [-0.05, 0) is 78.0 Å². The second-order valence-corrected chi connectivity index (χ2v) is 8.66. The molecule has 0 atom stereocenters. The van der Waals surface area contributed by atoms with Crippen LogP contribution in [0.4, 0.5) is 5.69 Å². The number of carbonyl (C=O) groups is 2. The first-order chi connectivity index (χ1) is 15.4. The fourth-order valence-electron chi connectivity index (χ4n) is 3.06. The molecule has 0 aliphatic carbocycles. The van der Waals surface area contributed by atoms with Gasteiger partial charge in [-0.1, -0.05) is 51.8 Å². The highest BCUT2D eigenvalue weighted by molar-refractivity contribution is 9.10. The van der Waals surface area contributed by atoms with E-state index < -0.39 is 11.8 Å². The van der Waals surface area contributed by atoms with Crippen molar-refractivity contribution in [1.29, 1.82) is 0 Å². The number of nitrogens with zero attached hydrogens (tertiary/aromatic N) is 1. The summed E-state index contributed by atoms with van der Waals surface area (Å²) in [6, 6.07) is 21.7. The van der Waals surface area contributed by atoms with Gasteiger partial charge in [-0.3, -0.25) is 19.8 Å². The van der Waals surface area contributed by atoms with Gasteiger partial charge in [0.05, 0.1) is 5.69 Å². The lowest BCUT2D eigenvalue weighted by Gasteiger charge is -2.28. The maximum Gasteiger partial charge on any atom is 0.270 e. The summed E-state index contributed by atoms with van der Waals surface area (Å²) in [4.78, 5) is 26.7. The molecule has 2 amide bonds. The summed E-state index contributed by atoms with van der Waals surface area (Å²) in [7, 11) is 0. The summed E-state index contributed by atoms with van der Waals surface area (Å²) < 4.78 is 6.81. The zero-order valence-corrected chi connectivity index (χ0v) is 19.7. The third kappa shape index (κ3) is 5.07. The van der Waals surface area contributed by atoms with Crippen LogP contribution in [0.2, 0.25) is 5.02 Å². The molecule has 1 saturated heterocycles. The van der Waals surface area contributed by atoms with Gasteiger partial charge in [-0.15, -0.1) is 0 Å². The molecule has 160 valence electrons. The normalized spacial score (nSPS) is 15.1. The molecule has 0 aromatic heterocycles. The first kappa shape index (κ1) is 22.2. The van der Waals surface area contributed by atoms with E-state index in [1.165, 1.54) is 11.0 Å². The van der Waals surface area contributed by atoms with Crippen LogP contribution in [0.1, 0.15) is 11.1 Å². The van der Waals surface area contributed by atoms with Gasteiger partial charge in [0.1, 0.15) is 17.9 Å². The van der Waals surface area contributed by atoms with Crippen LogP contribution < -0.4 is 15.0 Å². The number of halogens is 2. The van der Waals surface area contributed by atoms with Gasteiger partial charge in [0.25, 0.3) is 11.8 Å². The predicted molar refractivity (Wildman–Crippen MR) is 133 cm³/mol. The van der Waals surface area contributed by atoms with Gasteiger partial charge < -0.3 is 4.74 Å². The molecule has 5 nitrogen and oxygen atoms in total. The van der Waals surface area contributed by atoms with Crippen molar-refractivity contribution in [3.8, 4) is 5.75 Å². The lowest BCUT2D eigenvalue weighted by atomic mass is 10.1. The van der Waals surface area contributed by atoms with Crippen molar-refractivity contribution in [2.75, 3.05) is 4.90 Å². The molecule has 1 aliphatic rings. The molecule has 0 radical (unpaired) electrons. The van der Waals surface area contributed by atoms with Gasteiger partial charge in [0.2, 0.25) is 0 Å². The van der Waals surface area contributed by atoms with Crippen molar-refractivity contribution in [3.05, 3.63) is 99.0 Å². The smallest absolute Gasteiger partial charge is 0.270 e. The van der Waals surface area contributed by atoms with Crippen LogP contribution in [0.3, 0.4) is 0 Å². The fraction of sp³-hybridized carbons (Fsp3) is 0.0417. The number of rotatable bonds is 5. The van der Waals surface area contributed by atoms with Crippen LogP contribution in [0, 0.1) is 0 Å². The number of carbonyl (C=O) groups excluding carboxylic acids is 2. The molecule has 0 bridgehead atoms. The van der Waals surface area contributed by atoms with E-state index in [2.05, 4.69) is 21.2 Å². The highest BCUT2D eigenvalue weighted by Gasteiger charge is 2.34. The lowest BCUT2D eigenvalue weighted by molar-refractivity contribution is -0.122. The summed E-state index contributed by atoms with van der Waals surface area (Å²) >= 11 is 14.5. The molecule has 4 rings (SSSR count). The standard InChI is InChI=1S/C24H16BrClN2O3S/c25-17-5-1-16(2-6-17)14-31-20-11-3-15(4-12-20)13-21-22(29)27-24(32)28(23(21)30)19-9-7-18(26)8-10-19/h1-13H,14H2,(H,27,29,32)/b21-13+. The molecular weight excluding hydrogens is 512 g/mol. The highest BCUT2D eigenvalue weighted by atomic mass is 79.9. The van der Waals surface area contributed by atoms with E-state index in [-0.39, 0.29) is 10.7 Å². The molecule has 3 aromatic carbocycles. The zero-order chi connectivity index (χ0) is 22.7. The van der Waals surface area contributed by atoms with Gasteiger partial charge in [-0.25, -0.2) is 0 Å². The minimum atomic E-state index is -0.541. The number of amides is 2. The molecule has 3 aromatic rings. The average molecular weight is 528 g/mol. The second kappa shape index (κ2) is 9.65. The molecule has 0 spiro atoms. The first-order valence-corrected chi connectivity index (χ1v) is 11.1. The summed E-state index contributed by atoms with van der Waals surface area (Å²) in [6.07, 6.45) is 1.53. The Morgan fingerprint density at radius 3 is 2.28 bits per heavy atom. The Morgan fingerprint density at radius 2 is 1.62 bits per heavy atom. The van der Waals surface area contributed by atoms with Crippen LogP contribution in [-0.4, -0.2) is 16.9 Å². The van der Waals surface area contributed by atoms with E-state index in [0.29, 0.717) is 28.6 Å². The Labute approximate surface area is 203 Å². The summed E-state index contributed by atoms with van der Waals surface area (Å²) in [5, 5.41) is 3.12. The molecule has 0 saturated carbocycles. The van der Waals surface area contributed by atoms with Crippen LogP contribution >= 0.6 is 39.7 Å². The van der Waals surface area contributed by atoms with E-state index in [1.54, 1.807) is 48.5 Å². The Bertz CT molecular complexity index is 1210. The number of ether oxygens (including phenoxy) is 1. The van der Waals surface area contributed by atoms with Gasteiger partial charge in [0, 0.05) is 9.50 Å². The third-order valence-electron chi connectivity index (χ3n) is 4.70. The van der Waals surface area contributed by atoms with E-state index in [1.807, 2.05) is 24.3 Å². The van der Waals surface area contributed by atoms with Crippen molar-refractivity contribution in [2.24, 2.45) is 0 Å². The van der Waals surface area contributed by atoms with Gasteiger partial charge in [-0.2, -0.15) is 0 Å². The van der Waals surface area contributed by atoms with Crippen LogP contribution in [0.15, 0.2) is 82.8 Å². The fourth-order valence-corrected chi connectivity index (χ4v) is 3.73. The largest absolute Gasteiger partial charge is 0.489 e. The predicted octanol–water partition coefficient (Wildman–Crippen LogP) is 5.51. The Hall–Kier alpha value is -3.00. The van der Waals surface area contributed by atoms with Crippen molar-refractivity contribution < 1.29 is 14.3 Å². The number of nitrogens with one attached hydrogen (secondary N) is 1. The minimum Gasteiger partial charge on any atom is -0.489 e. The van der Waals surface area contributed by atoms with Crippen molar-refractivity contribution in [1.82, 2.24) is 5.32 Å². The van der Waals surface area contributed by atoms with Crippen molar-refractivity contribution in [3.63, 3.8) is 0 Å². The molecular formula is C24H16BrClN2O3S. The Balaban J connectivity index is 1.50. The lowest BCUT2D eigenvalue weighted by Crippen LogP contribution is -2.54. The van der Waals surface area contributed by atoms with Crippen LogP contribution in [-0.2, 0) is 16.2 Å². The number of thiocarbonyl (C=S) groups is 1. The maximum atomic E-state index is 13.0. The average Bonchev–Trinajstić information content (AvgIpc) is 2.78. The van der Waals surface area contributed by atoms with Crippen molar-refractivity contribution in [2.45, 2.75) is 6.61 Å². The Kier molecular flexibility index (Phi) is 6.69. The monoisotopic (exact) mass is 526 g/mol. The van der Waals surface area contributed by atoms with E-state index in [9.17, 15) is 9.59 Å². The highest BCUT2D eigenvalue weighted by Crippen LogP contribution is 2.24. The molecule has 8 heteroatoms. The van der Waals surface area contributed by atoms with E-state index in [0.717, 1.165) is 10.0 Å². The number of hydrogen-bond donors (Lipinski definition) is 1. The third-order valence-corrected chi connectivity index (χ3v) is 5.76. The summed E-state index contributed by atoms with van der Waals surface area (Å²) in [5.41, 5.74) is 2.23.